The van der Waals surface area contributed by atoms with E-state index in [1.165, 1.54) is 0 Å². The third-order valence-corrected chi connectivity index (χ3v) is 2.98. The second kappa shape index (κ2) is 23.1. The fourth-order valence-electron chi connectivity index (χ4n) is 1.34. The Morgan fingerprint density at radius 1 is 0.703 bits per heavy atom. The molecule has 0 spiro atoms. The Morgan fingerprint density at radius 2 is 0.946 bits per heavy atom. The normalized spacial score (nSPS) is 18.6. The topological polar surface area (TPSA) is 483 Å². The number of hydrogen-bond acceptors (Lipinski definition) is 18. The van der Waals surface area contributed by atoms with Crippen molar-refractivity contribution >= 4 is 88.6 Å². The van der Waals surface area contributed by atoms with Crippen molar-refractivity contribution in [2.24, 2.45) is 0 Å². The summed E-state index contributed by atoms with van der Waals surface area (Å²) in [5.74, 6) is -11.3. The molecule has 1 aliphatic heterocycles. The Hall–Kier alpha value is -2.07. The number of aliphatic carboxylic acids is 3. The van der Waals surface area contributed by atoms with Crippen molar-refractivity contribution in [2.75, 3.05) is 0 Å². The molecule has 0 radical (unpaired) electrons. The number of carbonyl (C=O) groups excluding carboxylic acids is 6. The largest absolute Gasteiger partial charge is 2.00 e. The molecular formula is C12H24BNO22Sr. The summed E-state index contributed by atoms with van der Waals surface area (Å²) in [6.45, 7) is 0. The van der Waals surface area contributed by atoms with Gasteiger partial charge in [-0.15, -0.1) is 0 Å². The SMILES string of the molecule is O.O.O.O.O=C([O-])C(O)C(O)C(=O)OB1OC(=O)C(O)C(O)C(=O)O1.O=C([O-])C(O)C(O)C(=O)[O-].[NH4+].[Sr+2]. The Kier molecular flexibility index (Phi) is 32.1. The first-order valence-electron chi connectivity index (χ1n) is 7.44. The number of carbonyl (C=O) groups is 6. The van der Waals surface area contributed by atoms with Crippen LogP contribution in [-0.4, -0.2) is 178 Å². The van der Waals surface area contributed by atoms with Crippen LogP contribution in [0.1, 0.15) is 0 Å². The van der Waals surface area contributed by atoms with Gasteiger partial charge in [0.05, 0.1) is 17.9 Å². The van der Waals surface area contributed by atoms with Crippen LogP contribution in [0.25, 0.3) is 0 Å². The minimum atomic E-state index is -2.65. The zero-order valence-corrected chi connectivity index (χ0v) is 21.8. The van der Waals surface area contributed by atoms with Crippen molar-refractivity contribution in [3.05, 3.63) is 0 Å². The number of aliphatic hydroxyl groups is 6. The van der Waals surface area contributed by atoms with E-state index in [2.05, 4.69) is 14.0 Å². The monoisotopic (exact) mass is 633 g/mol. The quantitative estimate of drug-likeness (QED) is 0.128. The van der Waals surface area contributed by atoms with Crippen molar-refractivity contribution in [3.63, 3.8) is 0 Å². The van der Waals surface area contributed by atoms with E-state index < -0.39 is 79.8 Å². The van der Waals surface area contributed by atoms with Crippen molar-refractivity contribution in [1.29, 1.82) is 0 Å². The van der Waals surface area contributed by atoms with Crippen LogP contribution >= 0.6 is 0 Å². The predicted octanol–water partition coefficient (Wildman–Crippen LogP) is -14.3. The molecule has 0 aromatic heterocycles. The van der Waals surface area contributed by atoms with Crippen LogP contribution < -0.4 is 21.5 Å². The van der Waals surface area contributed by atoms with Crippen LogP contribution in [-0.2, 0) is 42.7 Å². The molecule has 23 nitrogen and oxygen atoms in total. The first-order chi connectivity index (χ1) is 14.1. The molecule has 1 rings (SSSR count). The molecule has 0 aliphatic carbocycles. The third kappa shape index (κ3) is 16.4. The standard InChI is InChI=1S/C8H9BO12.C4H6O6.H3N.4H2O.Sr/c10-1(5(14)15)2(11)6(16)19-9-20-7(17)3(12)4(13)8(18)21-9;5-1(3(7)8)2(6)4(9)10;;;;;;/h1-4,10-13H,(H,14,15);1-2,5-6H,(H,7,8)(H,9,10);1H3;4*1H2;/q;;;;;;;+2/p-2. The van der Waals surface area contributed by atoms with Crippen molar-refractivity contribution < 1.29 is 111 Å². The first kappa shape index (κ1) is 51.5. The average Bonchev–Trinajstić information content (AvgIpc) is 2.77. The molecule has 1 saturated heterocycles. The molecule has 1 fully saturated rings. The molecule has 0 aromatic carbocycles. The molecule has 6 unspecified atom stereocenters. The summed E-state index contributed by atoms with van der Waals surface area (Å²) >= 11 is 0. The van der Waals surface area contributed by atoms with E-state index in [0.29, 0.717) is 0 Å². The van der Waals surface area contributed by atoms with Crippen LogP contribution in [0.5, 0.6) is 0 Å². The number of hydrogen-bond donors (Lipinski definition) is 7. The van der Waals surface area contributed by atoms with Crippen LogP contribution in [0, 0.1) is 0 Å². The number of carboxylic acids is 3. The van der Waals surface area contributed by atoms with Gasteiger partial charge < -0.3 is 102 Å². The summed E-state index contributed by atoms with van der Waals surface area (Å²) in [5.41, 5.74) is 0. The van der Waals surface area contributed by atoms with E-state index in [-0.39, 0.29) is 73.5 Å². The van der Waals surface area contributed by atoms with Crippen molar-refractivity contribution in [1.82, 2.24) is 6.15 Å². The van der Waals surface area contributed by atoms with E-state index in [4.69, 9.17) is 30.6 Å². The molecule has 6 atom stereocenters. The maximum absolute atomic E-state index is 11.2. The van der Waals surface area contributed by atoms with Gasteiger partial charge in [0.2, 0.25) is 0 Å². The van der Waals surface area contributed by atoms with Crippen LogP contribution in [0.15, 0.2) is 0 Å². The average molecular weight is 633 g/mol. The summed E-state index contributed by atoms with van der Waals surface area (Å²) in [4.78, 5) is 62.9. The van der Waals surface area contributed by atoms with Gasteiger partial charge in [0, 0.05) is 0 Å². The van der Waals surface area contributed by atoms with Crippen molar-refractivity contribution in [2.45, 2.75) is 36.6 Å². The van der Waals surface area contributed by atoms with Crippen LogP contribution in [0.3, 0.4) is 0 Å². The number of aliphatic hydroxyl groups excluding tert-OH is 6. The maximum Gasteiger partial charge on any atom is 2.00 e. The summed E-state index contributed by atoms with van der Waals surface area (Å²) in [7, 11) is -2.40. The van der Waals surface area contributed by atoms with E-state index in [1.807, 2.05) is 0 Å². The molecule has 1 aliphatic rings. The van der Waals surface area contributed by atoms with Gasteiger partial charge in [-0.05, 0) is 0 Å². The van der Waals surface area contributed by atoms with Crippen LogP contribution in [0.2, 0.25) is 0 Å². The van der Waals surface area contributed by atoms with E-state index in [1.54, 1.807) is 0 Å². The number of rotatable bonds is 7. The second-order valence-electron chi connectivity index (χ2n) is 5.23. The number of carboxylic acid groups (broad SMARTS) is 3. The molecule has 214 valence electrons. The Morgan fingerprint density at radius 3 is 1.19 bits per heavy atom. The molecular weight excluding hydrogens is 609 g/mol. The Balaban J connectivity index is -0.0000000987. The fourth-order valence-corrected chi connectivity index (χ4v) is 1.34. The minimum absolute atomic E-state index is 0. The predicted molar refractivity (Wildman–Crippen MR) is 101 cm³/mol. The van der Waals surface area contributed by atoms with Gasteiger partial charge in [-0.2, -0.15) is 0 Å². The Labute approximate surface area is 241 Å². The molecule has 25 heteroatoms. The molecule has 0 aromatic rings. The third-order valence-electron chi connectivity index (χ3n) is 2.98. The van der Waals surface area contributed by atoms with Gasteiger partial charge in [0.1, 0.15) is 18.3 Å². The van der Waals surface area contributed by atoms with Crippen molar-refractivity contribution in [3.8, 4) is 0 Å². The maximum atomic E-state index is 11.2. The second-order valence-corrected chi connectivity index (χ2v) is 5.23. The van der Waals surface area contributed by atoms with Gasteiger partial charge in [-0.1, -0.05) is 0 Å². The first-order valence-corrected chi connectivity index (χ1v) is 7.44. The van der Waals surface area contributed by atoms with E-state index in [9.17, 15) is 44.1 Å². The summed E-state index contributed by atoms with van der Waals surface area (Å²) in [6, 6.07) is 0. The van der Waals surface area contributed by atoms with E-state index >= 15 is 0 Å². The summed E-state index contributed by atoms with van der Waals surface area (Å²) in [5, 5.41) is 82.0. The fraction of sp³-hybridized carbons (Fsp3) is 0.500. The smallest absolute Gasteiger partial charge is 0.547 e. The van der Waals surface area contributed by atoms with Gasteiger partial charge in [0.25, 0.3) is 0 Å². The van der Waals surface area contributed by atoms with Gasteiger partial charge >= 0.3 is 70.7 Å². The van der Waals surface area contributed by atoms with Gasteiger partial charge in [-0.3, -0.25) is 14.4 Å². The summed E-state index contributed by atoms with van der Waals surface area (Å²) < 4.78 is 12.4. The molecule has 0 bridgehead atoms. The summed E-state index contributed by atoms with van der Waals surface area (Å²) in [6.07, 6.45) is -14.7. The molecule has 1 heterocycles. The zero-order chi connectivity index (χ0) is 24.6. The van der Waals surface area contributed by atoms with E-state index in [0.717, 1.165) is 0 Å². The molecule has 0 amide bonds. The Bertz CT molecular complexity index is 696. The van der Waals surface area contributed by atoms with Gasteiger partial charge in [0.15, 0.2) is 18.3 Å². The molecule has 0 saturated carbocycles. The minimum Gasteiger partial charge on any atom is -0.547 e. The van der Waals surface area contributed by atoms with Crippen LogP contribution in [0.4, 0.5) is 0 Å². The van der Waals surface area contributed by atoms with Gasteiger partial charge in [-0.25, -0.2) is 0 Å². The zero-order valence-electron chi connectivity index (χ0n) is 18.3. The molecule has 37 heavy (non-hydrogen) atoms. The number of quaternary nitrogens is 1. The molecule has 18 N–H and O–H groups in total.